The zero-order valence-electron chi connectivity index (χ0n) is 19.6. The molecule has 0 spiro atoms. The van der Waals surface area contributed by atoms with Crippen LogP contribution in [0.1, 0.15) is 25.7 Å². The molecule has 0 radical (unpaired) electrons. The fourth-order valence-electron chi connectivity index (χ4n) is 3.77. The van der Waals surface area contributed by atoms with Crippen LogP contribution < -0.4 is 0 Å². The fraction of sp³-hybridized carbons (Fsp3) is 1.00. The molecule has 0 aromatic heterocycles. The molecular formula is C22H44Cl6N4. The average molecular weight is 577 g/mol. The number of halogens is 6. The normalized spacial score (nSPS) is 12.2. The van der Waals surface area contributed by atoms with Gasteiger partial charge in [-0.3, -0.25) is 0 Å². The first-order chi connectivity index (χ1) is 15.6. The molecule has 4 nitrogen and oxygen atoms in total. The van der Waals surface area contributed by atoms with Crippen molar-refractivity contribution < 1.29 is 0 Å². The van der Waals surface area contributed by atoms with Gasteiger partial charge in [-0.15, -0.1) is 69.6 Å². The minimum atomic E-state index is 0.651. The summed E-state index contributed by atoms with van der Waals surface area (Å²) in [7, 11) is 0. The van der Waals surface area contributed by atoms with Crippen molar-refractivity contribution in [2.75, 3.05) is 114 Å². The van der Waals surface area contributed by atoms with E-state index in [0.717, 1.165) is 91.4 Å². The monoisotopic (exact) mass is 574 g/mol. The third-order valence-electron chi connectivity index (χ3n) is 5.50. The van der Waals surface area contributed by atoms with E-state index in [2.05, 4.69) is 19.6 Å². The Hall–Kier alpha value is 1.58. The van der Waals surface area contributed by atoms with Gasteiger partial charge in [-0.05, 0) is 65.0 Å². The van der Waals surface area contributed by atoms with Crippen LogP contribution in [-0.4, -0.2) is 133 Å². The second-order valence-corrected chi connectivity index (χ2v) is 10.2. The first-order valence-electron chi connectivity index (χ1n) is 11.9. The molecule has 0 aliphatic carbocycles. The molecule has 0 aromatic rings. The van der Waals surface area contributed by atoms with Crippen molar-refractivity contribution in [2.45, 2.75) is 25.7 Å². The zero-order valence-corrected chi connectivity index (χ0v) is 24.1. The van der Waals surface area contributed by atoms with Gasteiger partial charge in [0.25, 0.3) is 0 Å². The van der Waals surface area contributed by atoms with Crippen LogP contribution in [0.2, 0.25) is 0 Å². The van der Waals surface area contributed by atoms with Crippen molar-refractivity contribution in [3.8, 4) is 0 Å². The Bertz CT molecular complexity index is 338. The first-order valence-corrected chi connectivity index (χ1v) is 15.1. The molecule has 0 atom stereocenters. The summed E-state index contributed by atoms with van der Waals surface area (Å²) in [5.74, 6) is 3.95. The van der Waals surface area contributed by atoms with Crippen LogP contribution >= 0.6 is 69.6 Å². The molecule has 0 aliphatic rings. The maximum Gasteiger partial charge on any atom is 0.0351 e. The highest BCUT2D eigenvalue weighted by Crippen LogP contribution is 2.04. The summed E-state index contributed by atoms with van der Waals surface area (Å²) >= 11 is 35.6. The van der Waals surface area contributed by atoms with Gasteiger partial charge in [-0.2, -0.15) is 0 Å². The first kappa shape index (κ1) is 33.6. The SMILES string of the molecule is ClCCN(CCCl)CCCN(CCCl)CCCCN(CCCl)CCCN(CCCl)CCCl. The fourth-order valence-corrected chi connectivity index (χ4v) is 5.20. The second-order valence-electron chi connectivity index (χ2n) is 7.91. The molecule has 0 saturated carbocycles. The summed E-state index contributed by atoms with van der Waals surface area (Å²) in [4.78, 5) is 9.64. The van der Waals surface area contributed by atoms with Gasteiger partial charge in [0.2, 0.25) is 0 Å². The standard InChI is InChI=1S/C22H44Cl6N4/c23-5-17-29(13-3-15-31(19-7-25)20-8-26)11-1-2-12-30(18-6-24)14-4-16-32(21-9-27)22-10-28/h1-22H2. The summed E-state index contributed by atoms with van der Waals surface area (Å²) in [6.45, 7) is 11.8. The zero-order chi connectivity index (χ0) is 23.9. The van der Waals surface area contributed by atoms with Gasteiger partial charge < -0.3 is 19.6 Å². The van der Waals surface area contributed by atoms with Gasteiger partial charge in [-0.1, -0.05) is 0 Å². The van der Waals surface area contributed by atoms with Gasteiger partial charge in [-0.25, -0.2) is 0 Å². The van der Waals surface area contributed by atoms with E-state index in [0.29, 0.717) is 35.3 Å². The molecule has 0 rings (SSSR count). The number of hydrogen-bond acceptors (Lipinski definition) is 4. The van der Waals surface area contributed by atoms with Gasteiger partial charge in [0, 0.05) is 74.5 Å². The molecule has 0 N–H and O–H groups in total. The van der Waals surface area contributed by atoms with Gasteiger partial charge in [0.05, 0.1) is 0 Å². The van der Waals surface area contributed by atoms with Crippen LogP contribution in [0.4, 0.5) is 0 Å². The lowest BCUT2D eigenvalue weighted by Crippen LogP contribution is -2.35. The predicted molar refractivity (Wildman–Crippen MR) is 149 cm³/mol. The van der Waals surface area contributed by atoms with Crippen molar-refractivity contribution in [2.24, 2.45) is 0 Å². The number of unbranched alkanes of at least 4 members (excludes halogenated alkanes) is 1. The Balaban J connectivity index is 4.20. The summed E-state index contributed by atoms with van der Waals surface area (Å²) < 4.78 is 0. The third kappa shape index (κ3) is 19.8. The molecule has 0 unspecified atom stereocenters. The van der Waals surface area contributed by atoms with E-state index in [1.165, 1.54) is 12.8 Å². The Kier molecular flexibility index (Phi) is 26.9. The minimum absolute atomic E-state index is 0.651. The molecule has 194 valence electrons. The van der Waals surface area contributed by atoms with E-state index < -0.39 is 0 Å². The lowest BCUT2D eigenvalue weighted by Gasteiger charge is -2.26. The maximum absolute atomic E-state index is 6.04. The Morgan fingerprint density at radius 3 is 0.656 bits per heavy atom. The van der Waals surface area contributed by atoms with Gasteiger partial charge >= 0.3 is 0 Å². The molecule has 32 heavy (non-hydrogen) atoms. The summed E-state index contributed by atoms with van der Waals surface area (Å²) in [6, 6.07) is 0. The second kappa shape index (κ2) is 25.7. The van der Waals surface area contributed by atoms with E-state index in [9.17, 15) is 0 Å². The van der Waals surface area contributed by atoms with E-state index >= 15 is 0 Å². The maximum atomic E-state index is 6.04. The van der Waals surface area contributed by atoms with E-state index in [-0.39, 0.29) is 0 Å². The third-order valence-corrected chi connectivity index (χ3v) is 6.51. The van der Waals surface area contributed by atoms with Crippen molar-refractivity contribution in [3.63, 3.8) is 0 Å². The smallest absolute Gasteiger partial charge is 0.0351 e. The molecule has 0 fully saturated rings. The molecule has 0 saturated heterocycles. The summed E-state index contributed by atoms with van der Waals surface area (Å²) in [5, 5.41) is 0. The average Bonchev–Trinajstić information content (AvgIpc) is 2.77. The Morgan fingerprint density at radius 1 is 0.250 bits per heavy atom. The topological polar surface area (TPSA) is 13.0 Å². The minimum Gasteiger partial charge on any atom is -0.302 e. The van der Waals surface area contributed by atoms with Crippen molar-refractivity contribution >= 4 is 69.6 Å². The van der Waals surface area contributed by atoms with E-state index in [1.54, 1.807) is 0 Å². The molecular weight excluding hydrogens is 533 g/mol. The van der Waals surface area contributed by atoms with Crippen molar-refractivity contribution in [1.82, 2.24) is 19.6 Å². The Morgan fingerprint density at radius 2 is 0.438 bits per heavy atom. The van der Waals surface area contributed by atoms with Crippen molar-refractivity contribution in [3.05, 3.63) is 0 Å². The highest BCUT2D eigenvalue weighted by atomic mass is 35.5. The molecule has 0 aliphatic heterocycles. The number of hydrogen-bond donors (Lipinski definition) is 0. The van der Waals surface area contributed by atoms with Crippen LogP contribution in [0.15, 0.2) is 0 Å². The van der Waals surface area contributed by atoms with E-state index in [1.807, 2.05) is 0 Å². The highest BCUT2D eigenvalue weighted by Gasteiger charge is 2.10. The Labute approximate surface area is 227 Å². The molecule has 0 amide bonds. The van der Waals surface area contributed by atoms with Crippen LogP contribution in [0.25, 0.3) is 0 Å². The molecule has 0 aromatic carbocycles. The highest BCUT2D eigenvalue weighted by molar-refractivity contribution is 6.19. The largest absolute Gasteiger partial charge is 0.302 e. The number of rotatable bonds is 25. The molecule has 0 bridgehead atoms. The van der Waals surface area contributed by atoms with Crippen LogP contribution in [0.5, 0.6) is 0 Å². The van der Waals surface area contributed by atoms with Crippen molar-refractivity contribution in [1.29, 1.82) is 0 Å². The summed E-state index contributed by atoms with van der Waals surface area (Å²) in [6.07, 6.45) is 4.58. The van der Waals surface area contributed by atoms with Crippen LogP contribution in [0, 0.1) is 0 Å². The number of nitrogens with zero attached hydrogens (tertiary/aromatic N) is 4. The number of alkyl halides is 6. The predicted octanol–water partition coefficient (Wildman–Crippen LogP) is 5.19. The van der Waals surface area contributed by atoms with Crippen LogP contribution in [0.3, 0.4) is 0 Å². The van der Waals surface area contributed by atoms with Gasteiger partial charge in [0.1, 0.15) is 0 Å². The summed E-state index contributed by atoms with van der Waals surface area (Å²) in [5.41, 5.74) is 0. The lowest BCUT2D eigenvalue weighted by atomic mass is 10.2. The molecule has 10 heteroatoms. The quantitative estimate of drug-likeness (QED) is 0.110. The van der Waals surface area contributed by atoms with E-state index in [4.69, 9.17) is 69.6 Å². The molecule has 0 heterocycles. The van der Waals surface area contributed by atoms with Crippen LogP contribution in [-0.2, 0) is 0 Å². The van der Waals surface area contributed by atoms with Gasteiger partial charge in [0.15, 0.2) is 0 Å². The lowest BCUT2D eigenvalue weighted by molar-refractivity contribution is 0.225.